The lowest BCUT2D eigenvalue weighted by Gasteiger charge is -2.19. The highest BCUT2D eigenvalue weighted by Gasteiger charge is 2.21. The van der Waals surface area contributed by atoms with Crippen molar-refractivity contribution in [3.63, 3.8) is 0 Å². The molecule has 10 aromatic heterocycles. The molecule has 0 amide bonds. The van der Waals surface area contributed by atoms with Gasteiger partial charge in [0.1, 0.15) is 57.0 Å². The molecule has 0 saturated carbocycles. The lowest BCUT2D eigenvalue weighted by molar-refractivity contribution is -0.154. The first-order valence-electron chi connectivity index (χ1n) is 29.1. The number of fused-ring (bicyclic) bond motifs is 5. The van der Waals surface area contributed by atoms with Gasteiger partial charge in [-0.05, 0) is 215 Å². The van der Waals surface area contributed by atoms with Crippen molar-refractivity contribution in [2.45, 2.75) is 91.6 Å². The van der Waals surface area contributed by atoms with Gasteiger partial charge in [0.05, 0.1) is 41.7 Å². The van der Waals surface area contributed by atoms with E-state index in [4.69, 9.17) is 26.8 Å². The molecular formula is C65H68Br5N11O13S4. The highest BCUT2D eigenvalue weighted by Crippen LogP contribution is 2.30. The molecule has 0 fully saturated rings. The van der Waals surface area contributed by atoms with Gasteiger partial charge in [-0.1, -0.05) is 39.8 Å². The summed E-state index contributed by atoms with van der Waals surface area (Å²) in [5.41, 5.74) is 8.04. The van der Waals surface area contributed by atoms with Crippen LogP contribution in [0.1, 0.15) is 78.2 Å². The van der Waals surface area contributed by atoms with Gasteiger partial charge in [-0.25, -0.2) is 41.8 Å². The number of sulfonamides is 2. The van der Waals surface area contributed by atoms with Crippen LogP contribution in [-0.4, -0.2) is 141 Å². The van der Waals surface area contributed by atoms with Crippen molar-refractivity contribution in [1.29, 1.82) is 0 Å². The monoisotopic (exact) mass is 1730 g/mol. The normalized spacial score (nSPS) is 11.0. The lowest BCUT2D eigenvalue weighted by atomic mass is 10.0. The van der Waals surface area contributed by atoms with Crippen LogP contribution in [-0.2, 0) is 84.0 Å². The van der Waals surface area contributed by atoms with Crippen LogP contribution >= 0.6 is 104 Å². The number of esters is 1. The summed E-state index contributed by atoms with van der Waals surface area (Å²) < 4.78 is 62.8. The average molecular weight is 1740 g/mol. The van der Waals surface area contributed by atoms with Crippen molar-refractivity contribution in [1.82, 2.24) is 54.0 Å². The van der Waals surface area contributed by atoms with Gasteiger partial charge in [-0.3, -0.25) is 28.8 Å². The second-order valence-corrected chi connectivity index (χ2v) is 31.2. The number of nitrogens with zero attached hydrogens (tertiary/aromatic N) is 5. The van der Waals surface area contributed by atoms with Crippen LogP contribution < -0.4 is 4.13 Å². The third-order valence-corrected chi connectivity index (χ3v) is 20.1. The Bertz CT molecular complexity index is 4770. The van der Waals surface area contributed by atoms with Crippen LogP contribution in [0, 0.1) is 0 Å². The summed E-state index contributed by atoms with van der Waals surface area (Å²) >= 11 is 22.7. The second kappa shape index (κ2) is 38.4. The molecule has 7 N–H and O–H groups in total. The minimum Gasteiger partial charge on any atom is -0.481 e. The van der Waals surface area contributed by atoms with E-state index in [1.54, 1.807) is 66.3 Å². The fourth-order valence-electron chi connectivity index (χ4n) is 8.40. The van der Waals surface area contributed by atoms with Gasteiger partial charge in [0, 0.05) is 118 Å². The lowest BCUT2D eigenvalue weighted by Crippen LogP contribution is -2.29. The molecule has 11 aromatic rings. The van der Waals surface area contributed by atoms with Crippen molar-refractivity contribution in [2.24, 2.45) is 0 Å². The van der Waals surface area contributed by atoms with Gasteiger partial charge in [-0.15, -0.1) is 4.13 Å². The summed E-state index contributed by atoms with van der Waals surface area (Å²) in [7, 11) is -8.07. The maximum absolute atomic E-state index is 12.1. The minimum absolute atomic E-state index is 0.0111. The summed E-state index contributed by atoms with van der Waals surface area (Å²) in [6, 6.07) is 24.6. The van der Waals surface area contributed by atoms with Crippen LogP contribution in [0.5, 0.6) is 0 Å². The molecule has 24 nitrogen and oxygen atoms in total. The largest absolute Gasteiger partial charge is 0.481 e. The molecule has 0 aliphatic carbocycles. The highest BCUT2D eigenvalue weighted by atomic mass is 79.9. The number of aliphatic carboxylic acids is 1. The number of H-pyrrole nitrogens is 5. The summed E-state index contributed by atoms with van der Waals surface area (Å²) in [6.07, 6.45) is 12.0. The van der Waals surface area contributed by atoms with E-state index in [1.807, 2.05) is 82.4 Å². The van der Waals surface area contributed by atoms with Crippen molar-refractivity contribution in [3.05, 3.63) is 163 Å². The first kappa shape index (κ1) is 81.5. The molecule has 0 bridgehead atoms. The molecule has 0 aliphatic rings. The molecule has 0 saturated heterocycles. The molecule has 520 valence electrons. The zero-order valence-electron chi connectivity index (χ0n) is 54.1. The molecule has 1 aromatic carbocycles. The van der Waals surface area contributed by atoms with E-state index in [2.05, 4.69) is 129 Å². The number of halogens is 5. The number of hydrogen-bond acceptors (Lipinski definition) is 19. The first-order valence-corrected chi connectivity index (χ1v) is 38.1. The number of carbonyl (C=O) groups excluding carboxylic acids is 5. The topological polar surface area (TPSA) is 365 Å². The Labute approximate surface area is 616 Å². The molecule has 98 heavy (non-hydrogen) atoms. The van der Waals surface area contributed by atoms with Crippen LogP contribution in [0.2, 0.25) is 0 Å². The van der Waals surface area contributed by atoms with Crippen molar-refractivity contribution in [3.8, 4) is 11.1 Å². The zero-order chi connectivity index (χ0) is 72.7. The number of alkyl halides is 1. The standard InChI is InChI=1S/C17H17N3O5S2.C13H15BrN2O2.C10H9BrN2O.C9H7BrN2O2.C7H5BrN2.C6H10O2S2.C3H5BrO/c1-11(21)9-13-10-16-15(7-8-18-17(16)19-13)12-3-5-14(6-4-12)27(24,25)20-26(2,22)23;1-13(2,3)18-11(17)7-8-6-9-10(14)4-5-15-12(9)16-8;1-6(14)4-7-5-8-9(11)2-3-12-10(8)13-7;10-7-1-2-11-9-6(7)3-5(12-9)4-8(13)14;8-6-2-4-10-7-5(6)1-3-9-7;1-3-8-6(9)10-4-5(2)7;1-3(5)2-4/h3-8,10,20H,9H2,1-2H3,(H,18,19);4-6H,7H2,1-3H3,(H,15,16);2-3,5H,4H2,1H3,(H,12,13);1-3H,4H2,(H,11,12)(H,13,14);1-4H,(H,9,10);3-4H2,1-2H3;2H2,1H3. The molecular weight excluding hydrogens is 1670 g/mol. The van der Waals surface area contributed by atoms with Gasteiger partial charge in [-0.2, -0.15) is 0 Å². The maximum atomic E-state index is 12.1. The van der Waals surface area contributed by atoms with Gasteiger partial charge >= 0.3 is 11.9 Å². The van der Waals surface area contributed by atoms with Crippen molar-refractivity contribution < 1.29 is 60.2 Å². The molecule has 33 heteroatoms. The van der Waals surface area contributed by atoms with Gasteiger partial charge in [0.15, 0.2) is 0 Å². The third-order valence-electron chi connectivity index (χ3n) is 12.2. The zero-order valence-corrected chi connectivity index (χ0v) is 65.3. The summed E-state index contributed by atoms with van der Waals surface area (Å²) in [6.45, 7) is 14.1. The number of Topliss-reactive ketones (excluding diaryl/α,β-unsaturated/α-hetero) is 4. The molecule has 0 spiro atoms. The second-order valence-electron chi connectivity index (χ2n) is 22.0. The number of ether oxygens (including phenoxy) is 2. The van der Waals surface area contributed by atoms with E-state index < -0.39 is 31.6 Å². The van der Waals surface area contributed by atoms with Crippen molar-refractivity contribution in [2.75, 3.05) is 23.9 Å². The van der Waals surface area contributed by atoms with Gasteiger partial charge in [0.25, 0.3) is 10.0 Å². The number of ketones is 4. The highest BCUT2D eigenvalue weighted by molar-refractivity contribution is 9.11. The quantitative estimate of drug-likeness (QED) is 0.0268. The Hall–Kier alpha value is -7.21. The summed E-state index contributed by atoms with van der Waals surface area (Å²) in [5.74, 6) is -0.225. The van der Waals surface area contributed by atoms with E-state index >= 15 is 0 Å². The Kier molecular flexibility index (Phi) is 31.9. The van der Waals surface area contributed by atoms with E-state index in [-0.39, 0.29) is 53.3 Å². The number of nitrogens with one attached hydrogen (secondary N) is 6. The molecule has 0 aliphatic heterocycles. The predicted octanol–water partition coefficient (Wildman–Crippen LogP) is 14.1. The van der Waals surface area contributed by atoms with E-state index in [0.29, 0.717) is 45.5 Å². The van der Waals surface area contributed by atoms with E-state index in [0.717, 1.165) is 96.2 Å². The fourth-order valence-corrected chi connectivity index (χ4v) is 13.4. The maximum Gasteiger partial charge on any atom is 0.312 e. The Morgan fingerprint density at radius 2 is 0.959 bits per heavy atom. The van der Waals surface area contributed by atoms with Gasteiger partial charge in [0.2, 0.25) is 14.4 Å². The van der Waals surface area contributed by atoms with Crippen LogP contribution in [0.15, 0.2) is 145 Å². The number of pyridine rings is 5. The Morgan fingerprint density at radius 3 is 1.34 bits per heavy atom. The van der Waals surface area contributed by atoms with Crippen LogP contribution in [0.25, 0.3) is 66.3 Å². The SMILES string of the molecule is Brc1ccnc2[nH]ccc12.CC(=O)CBr.CC(=O)Cc1cc2c(-c3ccc(S(=O)(=O)NS(C)(=O)=O)cc3)ccnc2[nH]1.CC(=O)Cc1cc2c(Br)ccnc2[nH]1.CC(C)(C)OC(=O)Cc1cc2c(Br)ccnc2[nH]1.CCOC(=S)SCC(C)=O.O=C(O)Cc1cc2c(Br)ccnc2[nH]1. The van der Waals surface area contributed by atoms with E-state index in [1.165, 1.54) is 44.7 Å². The number of thiocarbonyl (C=S) groups is 1. The molecule has 0 radical (unpaired) electrons. The summed E-state index contributed by atoms with van der Waals surface area (Å²) in [5, 5.41) is 13.9. The number of aromatic amines is 5. The number of benzene rings is 1. The predicted molar refractivity (Wildman–Crippen MR) is 403 cm³/mol. The molecule has 0 unspecified atom stereocenters. The molecule has 11 rings (SSSR count). The molecule has 0 atom stereocenters. The number of rotatable bonds is 16. The van der Waals surface area contributed by atoms with Crippen LogP contribution in [0.4, 0.5) is 0 Å². The first-order chi connectivity index (χ1) is 46.0. The number of thioether (sulfide) groups is 1. The molecule has 10 heterocycles. The number of aromatic nitrogens is 10. The van der Waals surface area contributed by atoms with E-state index in [9.17, 15) is 45.6 Å². The minimum atomic E-state index is -4.16. The average Bonchev–Trinajstić information content (AvgIpc) is 1.47. The van der Waals surface area contributed by atoms with Crippen LogP contribution in [0.3, 0.4) is 0 Å². The van der Waals surface area contributed by atoms with Gasteiger partial charge < -0.3 is 39.5 Å². The number of carboxylic acid groups (broad SMARTS) is 1. The Morgan fingerprint density at radius 1 is 0.561 bits per heavy atom. The number of carboxylic acids is 1. The van der Waals surface area contributed by atoms with Crippen molar-refractivity contribution >= 4 is 218 Å². The summed E-state index contributed by atoms with van der Waals surface area (Å²) in [4.78, 5) is 101. The Balaban J connectivity index is 0.000000216. The smallest absolute Gasteiger partial charge is 0.312 e. The number of carbonyl (C=O) groups is 6. The third kappa shape index (κ3) is 27.5. The number of hydrogen-bond donors (Lipinski definition) is 7. The fraction of sp³-hybridized carbons (Fsp3) is 0.262.